The van der Waals surface area contributed by atoms with Gasteiger partial charge in [-0.3, -0.25) is 4.79 Å². The van der Waals surface area contributed by atoms with Crippen LogP contribution in [0, 0.1) is 6.92 Å². The lowest BCUT2D eigenvalue weighted by atomic mass is 9.91. The number of carbonyl (C=O) groups is 1. The van der Waals surface area contributed by atoms with E-state index < -0.39 is 0 Å². The monoisotopic (exact) mass is 367 g/mol. The van der Waals surface area contributed by atoms with Crippen LogP contribution < -0.4 is 10.5 Å². The summed E-state index contributed by atoms with van der Waals surface area (Å²) >= 11 is 0. The Morgan fingerprint density at radius 1 is 0.929 bits per heavy atom. The molecule has 0 aliphatic carbocycles. The molecule has 0 radical (unpaired) electrons. The third-order valence-corrected chi connectivity index (χ3v) is 5.29. The first-order valence-corrected chi connectivity index (χ1v) is 9.15. The van der Waals surface area contributed by atoms with Crippen LogP contribution in [0.5, 0.6) is 0 Å². The molecular weight excluding hydrogens is 350 g/mol. The van der Waals surface area contributed by atoms with Gasteiger partial charge in [0.05, 0.1) is 12.2 Å². The van der Waals surface area contributed by atoms with Crippen LogP contribution in [0.3, 0.4) is 0 Å². The highest BCUT2D eigenvalue weighted by Gasteiger charge is 2.28. The summed E-state index contributed by atoms with van der Waals surface area (Å²) < 4.78 is 5.38. The van der Waals surface area contributed by atoms with Crippen LogP contribution >= 0.6 is 0 Å². The Kier molecular flexibility index (Phi) is 3.66. The quantitative estimate of drug-likeness (QED) is 0.448. The summed E-state index contributed by atoms with van der Waals surface area (Å²) in [4.78, 5) is 26.9. The van der Waals surface area contributed by atoms with Gasteiger partial charge in [0.25, 0.3) is 5.91 Å². The Morgan fingerprint density at radius 3 is 2.57 bits per heavy atom. The largest absolute Gasteiger partial charge is 0.423 e. The van der Waals surface area contributed by atoms with E-state index in [-0.39, 0.29) is 11.5 Å². The van der Waals surface area contributed by atoms with Crippen molar-refractivity contribution < 1.29 is 9.21 Å². The lowest BCUT2D eigenvalue weighted by molar-refractivity contribution is 0.0984. The van der Waals surface area contributed by atoms with Gasteiger partial charge in [-0.15, -0.1) is 0 Å². The molecule has 0 fully saturated rings. The van der Waals surface area contributed by atoms with Crippen molar-refractivity contribution >= 4 is 22.6 Å². The highest BCUT2D eigenvalue weighted by Crippen LogP contribution is 2.41. The van der Waals surface area contributed by atoms with E-state index in [1.807, 2.05) is 72.5 Å². The van der Waals surface area contributed by atoms with Crippen LogP contribution in [-0.4, -0.2) is 5.91 Å². The summed E-state index contributed by atoms with van der Waals surface area (Å²) in [5.41, 5.74) is 5.61. The standard InChI is InChI=1S/C24H17NO3/c1-15-6-2-4-8-18(15)24(27)25-14-17-7-3-5-9-19(17)20-13-22-16(12-21(20)25)10-11-23(26)28-22/h2-13H,14H2,1H3. The van der Waals surface area contributed by atoms with Gasteiger partial charge in [0.2, 0.25) is 0 Å². The molecule has 136 valence electrons. The van der Waals surface area contributed by atoms with Crippen LogP contribution in [0.15, 0.2) is 82.0 Å². The third-order valence-electron chi connectivity index (χ3n) is 5.29. The van der Waals surface area contributed by atoms with Gasteiger partial charge in [-0.1, -0.05) is 42.5 Å². The second kappa shape index (κ2) is 6.20. The van der Waals surface area contributed by atoms with Crippen molar-refractivity contribution in [3.63, 3.8) is 0 Å². The number of hydrogen-bond acceptors (Lipinski definition) is 3. The van der Waals surface area contributed by atoms with Crippen molar-refractivity contribution in [2.45, 2.75) is 13.5 Å². The molecule has 1 aliphatic rings. The van der Waals surface area contributed by atoms with Crippen molar-refractivity contribution in [1.82, 2.24) is 0 Å². The zero-order chi connectivity index (χ0) is 19.3. The Bertz CT molecular complexity index is 1300. The number of nitrogens with zero attached hydrogens (tertiary/aromatic N) is 1. The molecule has 28 heavy (non-hydrogen) atoms. The van der Waals surface area contributed by atoms with Crippen molar-refractivity contribution in [3.05, 3.63) is 99.9 Å². The number of amides is 1. The molecule has 1 amide bonds. The van der Waals surface area contributed by atoms with Crippen LogP contribution in [0.25, 0.3) is 22.1 Å². The SMILES string of the molecule is Cc1ccccc1C(=O)N1Cc2ccccc2-c2cc3oc(=O)ccc3cc21. The van der Waals surface area contributed by atoms with E-state index in [0.29, 0.717) is 17.7 Å². The lowest BCUT2D eigenvalue weighted by Crippen LogP contribution is -2.33. The molecule has 3 aromatic carbocycles. The van der Waals surface area contributed by atoms with Crippen LogP contribution in [0.4, 0.5) is 5.69 Å². The number of carbonyl (C=O) groups excluding carboxylic acids is 1. The molecule has 4 heteroatoms. The average Bonchev–Trinajstić information content (AvgIpc) is 2.71. The normalized spacial score (nSPS) is 12.5. The summed E-state index contributed by atoms with van der Waals surface area (Å²) in [7, 11) is 0. The Balaban J connectivity index is 1.76. The number of anilines is 1. The van der Waals surface area contributed by atoms with Gasteiger partial charge in [0, 0.05) is 22.6 Å². The summed E-state index contributed by atoms with van der Waals surface area (Å²) in [5, 5.41) is 0.792. The number of benzene rings is 3. The van der Waals surface area contributed by atoms with E-state index >= 15 is 0 Å². The van der Waals surface area contributed by atoms with Gasteiger partial charge >= 0.3 is 5.63 Å². The fourth-order valence-corrected chi connectivity index (χ4v) is 3.86. The predicted octanol–water partition coefficient (Wildman–Crippen LogP) is 4.93. The highest BCUT2D eigenvalue weighted by atomic mass is 16.4. The number of fused-ring (bicyclic) bond motifs is 4. The Morgan fingerprint density at radius 2 is 1.71 bits per heavy atom. The summed E-state index contributed by atoms with van der Waals surface area (Å²) in [6, 6.07) is 22.6. The molecule has 0 spiro atoms. The molecule has 1 aliphatic heterocycles. The fraction of sp³-hybridized carbons (Fsp3) is 0.0833. The second-order valence-electron chi connectivity index (χ2n) is 7.02. The molecule has 4 nitrogen and oxygen atoms in total. The molecule has 2 heterocycles. The van der Waals surface area contributed by atoms with Crippen LogP contribution in [0.2, 0.25) is 0 Å². The van der Waals surface area contributed by atoms with Crippen LogP contribution in [0.1, 0.15) is 21.5 Å². The highest BCUT2D eigenvalue weighted by molar-refractivity contribution is 6.11. The molecular formula is C24H17NO3. The lowest BCUT2D eigenvalue weighted by Gasteiger charge is -2.32. The maximum absolute atomic E-state index is 13.4. The molecule has 0 N–H and O–H groups in total. The molecule has 0 bridgehead atoms. The molecule has 5 rings (SSSR count). The molecule has 1 aromatic heterocycles. The predicted molar refractivity (Wildman–Crippen MR) is 110 cm³/mol. The molecule has 4 aromatic rings. The number of hydrogen-bond donors (Lipinski definition) is 0. The smallest absolute Gasteiger partial charge is 0.336 e. The average molecular weight is 367 g/mol. The molecule has 0 atom stereocenters. The summed E-state index contributed by atoms with van der Waals surface area (Å²) in [6.45, 7) is 2.44. The maximum atomic E-state index is 13.4. The van der Waals surface area contributed by atoms with Gasteiger partial charge < -0.3 is 9.32 Å². The first kappa shape index (κ1) is 16.5. The zero-order valence-corrected chi connectivity index (χ0v) is 15.3. The maximum Gasteiger partial charge on any atom is 0.336 e. The van der Waals surface area contributed by atoms with Gasteiger partial charge in [-0.25, -0.2) is 4.79 Å². The van der Waals surface area contributed by atoms with E-state index in [9.17, 15) is 9.59 Å². The summed E-state index contributed by atoms with van der Waals surface area (Å²) in [5.74, 6) is -0.0365. The van der Waals surface area contributed by atoms with Gasteiger partial charge in [-0.2, -0.15) is 0 Å². The van der Waals surface area contributed by atoms with E-state index in [4.69, 9.17) is 4.42 Å². The Hall–Kier alpha value is -3.66. The van der Waals surface area contributed by atoms with Gasteiger partial charge in [-0.05, 0) is 47.9 Å². The molecule has 0 unspecified atom stereocenters. The van der Waals surface area contributed by atoms with Crippen molar-refractivity contribution in [1.29, 1.82) is 0 Å². The second-order valence-corrected chi connectivity index (χ2v) is 7.02. The first-order chi connectivity index (χ1) is 13.6. The van der Waals surface area contributed by atoms with E-state index in [0.717, 1.165) is 33.3 Å². The van der Waals surface area contributed by atoms with E-state index in [1.54, 1.807) is 6.07 Å². The summed E-state index contributed by atoms with van der Waals surface area (Å²) in [6.07, 6.45) is 0. The number of rotatable bonds is 1. The molecule has 0 saturated heterocycles. The van der Waals surface area contributed by atoms with Gasteiger partial charge in [0.15, 0.2) is 0 Å². The topological polar surface area (TPSA) is 50.5 Å². The molecule has 0 saturated carbocycles. The van der Waals surface area contributed by atoms with Crippen LogP contribution in [-0.2, 0) is 6.54 Å². The van der Waals surface area contributed by atoms with E-state index in [2.05, 4.69) is 0 Å². The van der Waals surface area contributed by atoms with E-state index in [1.165, 1.54) is 6.07 Å². The number of aryl methyl sites for hydroxylation is 1. The van der Waals surface area contributed by atoms with Crippen molar-refractivity contribution in [2.75, 3.05) is 4.90 Å². The fourth-order valence-electron chi connectivity index (χ4n) is 3.86. The first-order valence-electron chi connectivity index (χ1n) is 9.15. The third kappa shape index (κ3) is 2.54. The zero-order valence-electron chi connectivity index (χ0n) is 15.3. The minimum Gasteiger partial charge on any atom is -0.423 e. The minimum atomic E-state index is -0.385. The van der Waals surface area contributed by atoms with Gasteiger partial charge in [0.1, 0.15) is 5.58 Å². The minimum absolute atomic E-state index is 0.0365. The van der Waals surface area contributed by atoms with Crippen molar-refractivity contribution in [2.24, 2.45) is 0 Å². The van der Waals surface area contributed by atoms with Crippen molar-refractivity contribution in [3.8, 4) is 11.1 Å². The Labute approximate surface area is 161 Å².